The second-order valence-corrected chi connectivity index (χ2v) is 16.6. The van der Waals surface area contributed by atoms with E-state index in [1.165, 1.54) is 56.0 Å². The summed E-state index contributed by atoms with van der Waals surface area (Å²) in [4.78, 5) is 12.1. The molecular formula is C54H46N4O. The number of ether oxygens (including phenoxy) is 1. The van der Waals surface area contributed by atoms with Crippen molar-refractivity contribution in [3.05, 3.63) is 193 Å². The van der Waals surface area contributed by atoms with E-state index in [2.05, 4.69) is 213 Å². The number of aromatic nitrogens is 1. The Kier molecular flexibility index (Phi) is 8.83. The maximum Gasteiger partial charge on any atom is 0.137 e. The number of hydrogen-bond donors (Lipinski definition) is 0. The van der Waals surface area contributed by atoms with Gasteiger partial charge in [-0.3, -0.25) is 4.90 Å². The van der Waals surface area contributed by atoms with Gasteiger partial charge in [0.2, 0.25) is 0 Å². The third-order valence-electron chi connectivity index (χ3n) is 11.7. The number of para-hydroxylation sites is 3. The standard InChI is InChI=1S/C54H46N4O/c1-36-30-39(38-16-7-6-8-17-38)31-37(2)53(36)57-35-56(49-24-13-14-25-50(49)57)41-18-15-19-42(33-41)59-43-26-27-47-45-21-10-9-20-44(45)46-22-11-12-23-48(46)58(51(47)34-43)52-32-40(28-29-55-52)54(3,4)5/h6-34H,35H2,1-5H3. The molecule has 5 heteroatoms. The first-order chi connectivity index (χ1) is 28.7. The maximum absolute atomic E-state index is 6.83. The van der Waals surface area contributed by atoms with Gasteiger partial charge in [-0.05, 0) is 125 Å². The van der Waals surface area contributed by atoms with Crippen molar-refractivity contribution in [2.75, 3.05) is 21.4 Å². The average molecular weight is 767 g/mol. The summed E-state index contributed by atoms with van der Waals surface area (Å²) in [7, 11) is 0. The Morgan fingerprint density at radius 2 is 1.10 bits per heavy atom. The molecule has 0 spiro atoms. The van der Waals surface area contributed by atoms with E-state index in [4.69, 9.17) is 9.72 Å². The van der Waals surface area contributed by atoms with E-state index in [0.717, 1.165) is 45.5 Å². The zero-order valence-corrected chi connectivity index (χ0v) is 34.1. The van der Waals surface area contributed by atoms with Gasteiger partial charge in [0.25, 0.3) is 0 Å². The van der Waals surface area contributed by atoms with E-state index in [0.29, 0.717) is 6.67 Å². The van der Waals surface area contributed by atoms with Crippen LogP contribution in [0.1, 0.15) is 37.5 Å². The third-order valence-corrected chi connectivity index (χ3v) is 11.7. The molecule has 288 valence electrons. The molecule has 0 atom stereocenters. The first-order valence-corrected chi connectivity index (χ1v) is 20.4. The van der Waals surface area contributed by atoms with E-state index in [1.807, 2.05) is 12.3 Å². The number of hydrogen-bond acceptors (Lipinski definition) is 5. The third kappa shape index (κ3) is 6.49. The predicted octanol–water partition coefficient (Wildman–Crippen LogP) is 14.8. The van der Waals surface area contributed by atoms with Crippen molar-refractivity contribution < 1.29 is 4.74 Å². The second kappa shape index (κ2) is 14.4. The van der Waals surface area contributed by atoms with E-state index in [9.17, 15) is 0 Å². The molecule has 8 aromatic rings. The van der Waals surface area contributed by atoms with Crippen molar-refractivity contribution >= 4 is 39.9 Å². The molecule has 0 N–H and O–H groups in total. The molecule has 0 saturated heterocycles. The minimum Gasteiger partial charge on any atom is -0.457 e. The molecule has 0 fully saturated rings. The van der Waals surface area contributed by atoms with Crippen molar-refractivity contribution in [1.29, 1.82) is 0 Å². The molecule has 0 amide bonds. The molecule has 5 nitrogen and oxygen atoms in total. The van der Waals surface area contributed by atoms with Gasteiger partial charge in [-0.2, -0.15) is 0 Å². The average Bonchev–Trinajstić information content (AvgIpc) is 3.58. The van der Waals surface area contributed by atoms with Gasteiger partial charge in [-0.15, -0.1) is 0 Å². The van der Waals surface area contributed by atoms with E-state index in [-0.39, 0.29) is 5.41 Å². The van der Waals surface area contributed by atoms with Crippen molar-refractivity contribution in [2.24, 2.45) is 0 Å². The normalized spacial score (nSPS) is 13.0. The highest BCUT2D eigenvalue weighted by molar-refractivity contribution is 6.02. The number of pyridine rings is 1. The zero-order chi connectivity index (χ0) is 40.3. The van der Waals surface area contributed by atoms with Crippen LogP contribution in [0.4, 0.5) is 39.9 Å². The van der Waals surface area contributed by atoms with Crippen LogP contribution in [-0.2, 0) is 5.41 Å². The summed E-state index contributed by atoms with van der Waals surface area (Å²) in [5.41, 5.74) is 17.6. The number of fused-ring (bicyclic) bond motifs is 6. The number of nitrogens with zero attached hydrogens (tertiary/aromatic N) is 4. The highest BCUT2D eigenvalue weighted by atomic mass is 16.5. The van der Waals surface area contributed by atoms with Crippen molar-refractivity contribution in [1.82, 2.24) is 4.98 Å². The summed E-state index contributed by atoms with van der Waals surface area (Å²) >= 11 is 0. The Hall–Kier alpha value is -7.11. The molecule has 0 aliphatic carbocycles. The van der Waals surface area contributed by atoms with Crippen molar-refractivity contribution in [3.8, 4) is 44.9 Å². The van der Waals surface area contributed by atoms with Gasteiger partial charge in [0, 0.05) is 40.8 Å². The van der Waals surface area contributed by atoms with Crippen LogP contribution in [0, 0.1) is 13.8 Å². The first kappa shape index (κ1) is 36.2. The van der Waals surface area contributed by atoms with Gasteiger partial charge in [-0.25, -0.2) is 4.98 Å². The molecule has 10 rings (SSSR count). The number of anilines is 7. The molecule has 0 saturated carbocycles. The van der Waals surface area contributed by atoms with Crippen LogP contribution in [0.3, 0.4) is 0 Å². The molecule has 7 aromatic carbocycles. The van der Waals surface area contributed by atoms with E-state index >= 15 is 0 Å². The van der Waals surface area contributed by atoms with Crippen LogP contribution in [0.2, 0.25) is 0 Å². The summed E-state index contributed by atoms with van der Waals surface area (Å²) in [6, 6.07) is 60.5. The summed E-state index contributed by atoms with van der Waals surface area (Å²) in [6.45, 7) is 11.9. The molecule has 3 heterocycles. The predicted molar refractivity (Wildman–Crippen MR) is 246 cm³/mol. The fourth-order valence-electron chi connectivity index (χ4n) is 8.88. The van der Waals surface area contributed by atoms with Gasteiger partial charge < -0.3 is 14.5 Å². The Balaban J connectivity index is 1.02. The number of rotatable bonds is 6. The van der Waals surface area contributed by atoms with Gasteiger partial charge in [0.05, 0.1) is 22.7 Å². The molecule has 0 bridgehead atoms. The van der Waals surface area contributed by atoms with Crippen LogP contribution in [-0.4, -0.2) is 11.7 Å². The minimum atomic E-state index is -0.0393. The largest absolute Gasteiger partial charge is 0.457 e. The molecular weight excluding hydrogens is 721 g/mol. The first-order valence-electron chi connectivity index (χ1n) is 20.4. The molecule has 0 unspecified atom stereocenters. The summed E-state index contributed by atoms with van der Waals surface area (Å²) in [5, 5.41) is 0. The van der Waals surface area contributed by atoms with E-state index < -0.39 is 0 Å². The van der Waals surface area contributed by atoms with Crippen LogP contribution in [0.25, 0.3) is 33.4 Å². The summed E-state index contributed by atoms with van der Waals surface area (Å²) in [6.07, 6.45) is 1.93. The Morgan fingerprint density at radius 3 is 1.81 bits per heavy atom. The Labute approximate surface area is 347 Å². The fourth-order valence-corrected chi connectivity index (χ4v) is 8.88. The number of aryl methyl sites for hydroxylation is 2. The fraction of sp³-hybridized carbons (Fsp3) is 0.130. The van der Waals surface area contributed by atoms with Gasteiger partial charge in [0.1, 0.15) is 24.0 Å². The molecule has 2 aliphatic rings. The monoisotopic (exact) mass is 766 g/mol. The number of benzene rings is 7. The molecule has 1 aromatic heterocycles. The van der Waals surface area contributed by atoms with Crippen molar-refractivity contribution in [3.63, 3.8) is 0 Å². The van der Waals surface area contributed by atoms with Crippen LogP contribution in [0.5, 0.6) is 11.5 Å². The lowest BCUT2D eigenvalue weighted by molar-refractivity contribution is 0.483. The molecule has 59 heavy (non-hydrogen) atoms. The van der Waals surface area contributed by atoms with Crippen LogP contribution < -0.4 is 19.4 Å². The smallest absolute Gasteiger partial charge is 0.137 e. The minimum absolute atomic E-state index is 0.0393. The quantitative estimate of drug-likeness (QED) is 0.168. The highest BCUT2D eigenvalue weighted by Crippen LogP contribution is 2.52. The van der Waals surface area contributed by atoms with Crippen LogP contribution >= 0.6 is 0 Å². The van der Waals surface area contributed by atoms with Gasteiger partial charge in [0.15, 0.2) is 0 Å². The lowest BCUT2D eigenvalue weighted by Crippen LogP contribution is -2.25. The van der Waals surface area contributed by atoms with Gasteiger partial charge >= 0.3 is 0 Å². The highest BCUT2D eigenvalue weighted by Gasteiger charge is 2.31. The lowest BCUT2D eigenvalue weighted by Gasteiger charge is -2.28. The Morgan fingerprint density at radius 1 is 0.492 bits per heavy atom. The summed E-state index contributed by atoms with van der Waals surface area (Å²) in [5.74, 6) is 2.39. The summed E-state index contributed by atoms with van der Waals surface area (Å²) < 4.78 is 6.83. The lowest BCUT2D eigenvalue weighted by atomic mass is 9.87. The van der Waals surface area contributed by atoms with E-state index in [1.54, 1.807) is 0 Å². The van der Waals surface area contributed by atoms with Gasteiger partial charge in [-0.1, -0.05) is 112 Å². The zero-order valence-electron chi connectivity index (χ0n) is 34.1. The second-order valence-electron chi connectivity index (χ2n) is 16.6. The maximum atomic E-state index is 6.83. The SMILES string of the molecule is Cc1cc(-c2ccccc2)cc(C)c1N1CN(c2cccc(Oc3ccc4c(c3)N(c3cc(C(C)(C)C)ccn3)c3ccccc3-c3ccccc3-4)c2)c2ccccc21. The van der Waals surface area contributed by atoms with Crippen LogP contribution in [0.15, 0.2) is 176 Å². The molecule has 2 aliphatic heterocycles. The molecule has 0 radical (unpaired) electrons. The van der Waals surface area contributed by atoms with Crippen molar-refractivity contribution in [2.45, 2.75) is 40.0 Å². The topological polar surface area (TPSA) is 31.8 Å². The Bertz CT molecular complexity index is 2850.